The Morgan fingerprint density at radius 1 is 1.38 bits per heavy atom. The fraction of sp³-hybridized carbons (Fsp3) is 0. The third-order valence-corrected chi connectivity index (χ3v) is 2.17. The minimum atomic E-state index is -0.683. The Kier molecular flexibility index (Phi) is 1.77. The van der Waals surface area contributed by atoms with E-state index in [4.69, 9.17) is 11.6 Å². The first-order valence-electron chi connectivity index (χ1n) is 4.17. The van der Waals surface area contributed by atoms with Crippen molar-refractivity contribution in [3.63, 3.8) is 0 Å². The lowest BCUT2D eigenvalue weighted by molar-refractivity contribution is 0.387. The molecule has 3 rings (SSSR count). The molecule has 0 amide bonds. The predicted molar refractivity (Wildman–Crippen MR) is 52.8 cm³/mol. The zero-order valence-corrected chi connectivity index (χ0v) is 8.32. The van der Waals surface area contributed by atoms with Crippen molar-refractivity contribution in [1.29, 1.82) is 0 Å². The summed E-state index contributed by atoms with van der Waals surface area (Å²) < 4.78 is 4.34. The Labute approximate surface area is 91.7 Å². The lowest BCUT2D eigenvalue weighted by Gasteiger charge is -1.95. The summed E-state index contributed by atoms with van der Waals surface area (Å²) in [5.41, 5.74) is 0.912. The molecule has 0 bridgehead atoms. The molecule has 9 heteroatoms. The summed E-state index contributed by atoms with van der Waals surface area (Å²) in [5, 5.41) is 3.65. The van der Waals surface area contributed by atoms with Gasteiger partial charge in [-0.2, -0.15) is 0 Å². The molecule has 3 aromatic rings. The normalized spacial score (nSPS) is 11.1. The van der Waals surface area contributed by atoms with Gasteiger partial charge in [-0.1, -0.05) is 16.8 Å². The monoisotopic (exact) mass is 238 g/mol. The lowest BCUT2D eigenvalue weighted by atomic mass is 10.5. The lowest BCUT2D eigenvalue weighted by Crippen LogP contribution is -1.97. The van der Waals surface area contributed by atoms with E-state index in [9.17, 15) is 4.79 Å². The molecule has 0 unspecified atom stereocenters. The number of aromatic amines is 2. The van der Waals surface area contributed by atoms with E-state index in [-0.39, 0.29) is 16.8 Å². The van der Waals surface area contributed by atoms with Crippen LogP contribution in [-0.2, 0) is 0 Å². The quantitative estimate of drug-likeness (QED) is 0.591. The molecule has 80 valence electrons. The second-order valence-corrected chi connectivity index (χ2v) is 3.24. The zero-order valence-electron chi connectivity index (χ0n) is 7.56. The molecule has 8 nitrogen and oxygen atoms in total. The number of aromatic nitrogens is 6. The van der Waals surface area contributed by atoms with Crippen molar-refractivity contribution in [2.75, 3.05) is 0 Å². The topological polar surface area (TPSA) is 113 Å². The summed E-state index contributed by atoms with van der Waals surface area (Å²) in [6, 6.07) is 0. The molecule has 0 atom stereocenters. The highest BCUT2D eigenvalue weighted by Crippen LogP contribution is 2.19. The Morgan fingerprint density at radius 2 is 2.25 bits per heavy atom. The van der Waals surface area contributed by atoms with E-state index in [1.807, 2.05) is 0 Å². The van der Waals surface area contributed by atoms with E-state index in [1.54, 1.807) is 0 Å². The van der Waals surface area contributed by atoms with Crippen molar-refractivity contribution < 1.29 is 4.52 Å². The van der Waals surface area contributed by atoms with Crippen LogP contribution < -0.4 is 5.76 Å². The number of imidazole rings is 1. The van der Waals surface area contributed by atoms with Crippen LogP contribution in [0.15, 0.2) is 15.6 Å². The third-order valence-electron chi connectivity index (χ3n) is 1.89. The number of nitrogens with one attached hydrogen (secondary N) is 2. The highest BCUT2D eigenvalue weighted by atomic mass is 35.5. The Balaban J connectivity index is 2.28. The first-order valence-corrected chi connectivity index (χ1v) is 4.55. The SMILES string of the molecule is O=c1[nH]c(-c2nc(Cl)c3[nH]cnc3n2)no1. The molecule has 0 saturated heterocycles. The number of halogens is 1. The maximum Gasteiger partial charge on any atom is 0.439 e. The Bertz CT molecular complexity index is 713. The van der Waals surface area contributed by atoms with Gasteiger partial charge in [0.05, 0.1) is 6.33 Å². The average molecular weight is 239 g/mol. The summed E-state index contributed by atoms with van der Waals surface area (Å²) in [7, 11) is 0. The van der Waals surface area contributed by atoms with Gasteiger partial charge in [-0.25, -0.2) is 19.7 Å². The summed E-state index contributed by atoms with van der Waals surface area (Å²) >= 11 is 5.89. The number of H-pyrrole nitrogens is 2. The molecule has 3 heterocycles. The van der Waals surface area contributed by atoms with E-state index in [0.717, 1.165) is 0 Å². The predicted octanol–water partition coefficient (Wildman–Crippen LogP) is 0.350. The maximum atomic E-state index is 10.8. The van der Waals surface area contributed by atoms with Crippen LogP contribution in [0.1, 0.15) is 0 Å². The van der Waals surface area contributed by atoms with Crippen molar-refractivity contribution >= 4 is 22.8 Å². The molecule has 3 aromatic heterocycles. The first-order chi connectivity index (χ1) is 7.74. The van der Waals surface area contributed by atoms with Gasteiger partial charge in [-0.05, 0) is 0 Å². The van der Waals surface area contributed by atoms with Crippen LogP contribution in [0.2, 0.25) is 5.15 Å². The molecule has 0 fully saturated rings. The van der Waals surface area contributed by atoms with Crippen molar-refractivity contribution in [2.45, 2.75) is 0 Å². The standard InChI is InChI=1S/C7H3ClN6O2/c8-3-2-4(10-1-9-2)12-5(11-3)6-13-7(15)16-14-6/h1H,(H,13,14,15)(H,9,10,11,12). The van der Waals surface area contributed by atoms with Gasteiger partial charge in [0.2, 0.25) is 11.6 Å². The molecule has 0 aliphatic heterocycles. The molecule has 0 spiro atoms. The number of hydrogen-bond acceptors (Lipinski definition) is 6. The van der Waals surface area contributed by atoms with E-state index in [2.05, 4.69) is 34.6 Å². The van der Waals surface area contributed by atoms with Gasteiger partial charge < -0.3 is 4.98 Å². The molecule has 0 aliphatic carbocycles. The van der Waals surface area contributed by atoms with Crippen molar-refractivity contribution in [2.24, 2.45) is 0 Å². The Hall–Kier alpha value is -2.22. The maximum absolute atomic E-state index is 10.8. The van der Waals surface area contributed by atoms with Crippen molar-refractivity contribution in [3.8, 4) is 11.6 Å². The molecule has 0 radical (unpaired) electrons. The van der Waals surface area contributed by atoms with Gasteiger partial charge in [-0.15, -0.1) is 0 Å². The second-order valence-electron chi connectivity index (χ2n) is 2.88. The molecule has 0 aromatic carbocycles. The van der Waals surface area contributed by atoms with Crippen LogP contribution in [0.4, 0.5) is 0 Å². The minimum absolute atomic E-state index is 0.108. The average Bonchev–Trinajstić information content (AvgIpc) is 2.85. The summed E-state index contributed by atoms with van der Waals surface area (Å²) in [5.74, 6) is -0.427. The number of hydrogen-bond donors (Lipinski definition) is 2. The van der Waals surface area contributed by atoms with Crippen molar-refractivity contribution in [3.05, 3.63) is 22.0 Å². The van der Waals surface area contributed by atoms with Gasteiger partial charge in [0.15, 0.2) is 10.8 Å². The summed E-state index contributed by atoms with van der Waals surface area (Å²) in [6.45, 7) is 0. The summed E-state index contributed by atoms with van der Waals surface area (Å²) in [6.07, 6.45) is 1.44. The van der Waals surface area contributed by atoms with E-state index in [1.165, 1.54) is 6.33 Å². The number of fused-ring (bicyclic) bond motifs is 1. The van der Waals surface area contributed by atoms with Gasteiger partial charge >= 0.3 is 5.76 Å². The Morgan fingerprint density at radius 3 is 3.00 bits per heavy atom. The number of nitrogens with zero attached hydrogens (tertiary/aromatic N) is 4. The van der Waals surface area contributed by atoms with Crippen molar-refractivity contribution in [1.82, 2.24) is 30.1 Å². The highest BCUT2D eigenvalue weighted by Gasteiger charge is 2.12. The minimum Gasteiger partial charge on any atom is -0.341 e. The van der Waals surface area contributed by atoms with Crippen LogP contribution in [-0.4, -0.2) is 30.1 Å². The molecule has 0 aliphatic rings. The van der Waals surface area contributed by atoms with E-state index in [0.29, 0.717) is 11.2 Å². The molecule has 2 N–H and O–H groups in total. The van der Waals surface area contributed by atoms with Gasteiger partial charge in [0.25, 0.3) is 0 Å². The fourth-order valence-corrected chi connectivity index (χ4v) is 1.45. The zero-order chi connectivity index (χ0) is 11.1. The smallest absolute Gasteiger partial charge is 0.341 e. The molecule has 0 saturated carbocycles. The van der Waals surface area contributed by atoms with Gasteiger partial charge in [0.1, 0.15) is 5.52 Å². The molecule has 16 heavy (non-hydrogen) atoms. The van der Waals surface area contributed by atoms with Crippen LogP contribution in [0, 0.1) is 0 Å². The fourth-order valence-electron chi connectivity index (χ4n) is 1.23. The van der Waals surface area contributed by atoms with E-state index < -0.39 is 5.76 Å². The van der Waals surface area contributed by atoms with Crippen LogP contribution in [0.3, 0.4) is 0 Å². The molecular formula is C7H3ClN6O2. The van der Waals surface area contributed by atoms with Crippen LogP contribution in [0.25, 0.3) is 22.8 Å². The highest BCUT2D eigenvalue weighted by molar-refractivity contribution is 6.33. The second kappa shape index (κ2) is 3.14. The van der Waals surface area contributed by atoms with Gasteiger partial charge in [0, 0.05) is 0 Å². The number of rotatable bonds is 1. The first kappa shape index (κ1) is 9.04. The van der Waals surface area contributed by atoms with Gasteiger partial charge in [-0.3, -0.25) is 9.51 Å². The largest absolute Gasteiger partial charge is 0.439 e. The summed E-state index contributed by atoms with van der Waals surface area (Å²) in [4.78, 5) is 27.8. The molecular weight excluding hydrogens is 236 g/mol. The van der Waals surface area contributed by atoms with Crippen LogP contribution in [0.5, 0.6) is 0 Å². The van der Waals surface area contributed by atoms with Crippen LogP contribution >= 0.6 is 11.6 Å². The third kappa shape index (κ3) is 1.27. The van der Waals surface area contributed by atoms with E-state index >= 15 is 0 Å².